The number of aliphatic imine (C=N–C) groups is 1. The Labute approximate surface area is 144 Å². The number of amides is 1. The van der Waals surface area contributed by atoms with Gasteiger partial charge in [-0.15, -0.1) is 6.58 Å². The molecule has 0 bridgehead atoms. The number of hydrogen-bond acceptors (Lipinski definition) is 2. The van der Waals surface area contributed by atoms with Crippen molar-refractivity contribution in [2.75, 3.05) is 26.2 Å². The lowest BCUT2D eigenvalue weighted by Crippen LogP contribution is -2.37. The van der Waals surface area contributed by atoms with Crippen LogP contribution in [0.1, 0.15) is 30.9 Å². The number of carbonyl (C=O) groups excluding carboxylic acids is 1. The molecule has 0 aliphatic carbocycles. The van der Waals surface area contributed by atoms with Crippen molar-refractivity contribution in [3.8, 4) is 0 Å². The van der Waals surface area contributed by atoms with E-state index < -0.39 is 0 Å². The molecule has 2 rings (SSSR count). The van der Waals surface area contributed by atoms with Crippen LogP contribution in [-0.4, -0.2) is 42.9 Å². The zero-order valence-electron chi connectivity index (χ0n) is 14.6. The van der Waals surface area contributed by atoms with E-state index in [2.05, 4.69) is 40.4 Å². The molecule has 0 unspecified atom stereocenters. The lowest BCUT2D eigenvalue weighted by atomic mass is 9.99. The third-order valence-corrected chi connectivity index (χ3v) is 4.06. The highest BCUT2D eigenvalue weighted by Crippen LogP contribution is 2.19. The van der Waals surface area contributed by atoms with Crippen LogP contribution < -0.4 is 10.6 Å². The van der Waals surface area contributed by atoms with Gasteiger partial charge in [-0.05, 0) is 30.9 Å². The number of fused-ring (bicyclic) bond motifs is 1. The number of nitrogens with one attached hydrogen (secondary N) is 2. The molecule has 24 heavy (non-hydrogen) atoms. The van der Waals surface area contributed by atoms with Crippen molar-refractivity contribution in [1.29, 1.82) is 0 Å². The number of guanidine groups is 1. The molecule has 5 heteroatoms. The zero-order valence-corrected chi connectivity index (χ0v) is 14.6. The van der Waals surface area contributed by atoms with Crippen LogP contribution >= 0.6 is 0 Å². The molecule has 0 spiro atoms. The lowest BCUT2D eigenvalue weighted by Gasteiger charge is -2.28. The van der Waals surface area contributed by atoms with Crippen molar-refractivity contribution in [1.82, 2.24) is 15.5 Å². The van der Waals surface area contributed by atoms with Crippen LogP contribution in [0.3, 0.4) is 0 Å². The van der Waals surface area contributed by atoms with Crippen molar-refractivity contribution in [3.05, 3.63) is 48.0 Å². The Morgan fingerprint density at radius 1 is 1.33 bits per heavy atom. The number of carbonyl (C=O) groups is 1. The molecule has 0 saturated carbocycles. The summed E-state index contributed by atoms with van der Waals surface area (Å²) in [4.78, 5) is 18.8. The molecule has 130 valence electrons. The Kier molecular flexibility index (Phi) is 7.33. The minimum Gasteiger partial charge on any atom is -0.357 e. The summed E-state index contributed by atoms with van der Waals surface area (Å²) in [5.74, 6) is 1.00. The summed E-state index contributed by atoms with van der Waals surface area (Å²) in [6, 6.07) is 8.38. The Morgan fingerprint density at radius 2 is 2.12 bits per heavy atom. The molecule has 5 nitrogen and oxygen atoms in total. The number of benzene rings is 1. The smallest absolute Gasteiger partial charge is 0.222 e. The Balaban J connectivity index is 1.76. The van der Waals surface area contributed by atoms with E-state index in [1.54, 1.807) is 6.08 Å². The van der Waals surface area contributed by atoms with E-state index in [0.29, 0.717) is 19.5 Å². The number of hydrogen-bond donors (Lipinski definition) is 2. The van der Waals surface area contributed by atoms with E-state index >= 15 is 0 Å². The Hall–Kier alpha value is -2.30. The van der Waals surface area contributed by atoms with Gasteiger partial charge in [-0.2, -0.15) is 0 Å². The van der Waals surface area contributed by atoms with Gasteiger partial charge in [0.25, 0.3) is 0 Å². The van der Waals surface area contributed by atoms with Gasteiger partial charge in [-0.25, -0.2) is 0 Å². The molecule has 1 aromatic rings. The predicted molar refractivity (Wildman–Crippen MR) is 99.0 cm³/mol. The molecule has 0 aromatic heterocycles. The van der Waals surface area contributed by atoms with Crippen molar-refractivity contribution >= 4 is 11.9 Å². The molecular weight excluding hydrogens is 300 g/mol. The first-order chi connectivity index (χ1) is 11.7. The molecule has 0 saturated heterocycles. The normalized spacial score (nSPS) is 14.0. The average molecular weight is 328 g/mol. The predicted octanol–water partition coefficient (Wildman–Crippen LogP) is 2.09. The van der Waals surface area contributed by atoms with Crippen LogP contribution in [0, 0.1) is 0 Å². The van der Waals surface area contributed by atoms with Crippen LogP contribution in [0.15, 0.2) is 41.9 Å². The summed E-state index contributed by atoms with van der Waals surface area (Å²) in [7, 11) is 0. The molecule has 0 radical (unpaired) electrons. The van der Waals surface area contributed by atoms with Crippen LogP contribution in [0.4, 0.5) is 0 Å². The second-order valence-electron chi connectivity index (χ2n) is 5.87. The fraction of sp³-hybridized carbons (Fsp3) is 0.474. The van der Waals surface area contributed by atoms with Gasteiger partial charge in [-0.3, -0.25) is 9.79 Å². The zero-order chi connectivity index (χ0) is 17.2. The quantitative estimate of drug-likeness (QED) is 0.349. The topological polar surface area (TPSA) is 56.7 Å². The molecule has 0 fully saturated rings. The standard InChI is InChI=1S/C19H28N4O/c1-3-12-21-19(20-4-2)22-13-7-10-18(24)23-14-11-16-8-5-6-9-17(16)15-23/h3,5-6,8-9H,1,4,7,10-15H2,2H3,(H2,20,21,22). The van der Waals surface area contributed by atoms with E-state index in [4.69, 9.17) is 0 Å². The maximum Gasteiger partial charge on any atom is 0.222 e. The fourth-order valence-corrected chi connectivity index (χ4v) is 2.80. The van der Waals surface area contributed by atoms with E-state index in [1.807, 2.05) is 17.9 Å². The third kappa shape index (κ3) is 5.41. The van der Waals surface area contributed by atoms with E-state index in [-0.39, 0.29) is 5.91 Å². The maximum absolute atomic E-state index is 12.4. The van der Waals surface area contributed by atoms with E-state index in [1.165, 1.54) is 11.1 Å². The molecule has 1 aliphatic heterocycles. The number of rotatable bonds is 7. The molecule has 1 heterocycles. The third-order valence-electron chi connectivity index (χ3n) is 4.06. The summed E-state index contributed by atoms with van der Waals surface area (Å²) < 4.78 is 0. The Morgan fingerprint density at radius 3 is 2.88 bits per heavy atom. The highest BCUT2D eigenvalue weighted by Gasteiger charge is 2.19. The second-order valence-corrected chi connectivity index (χ2v) is 5.87. The molecule has 1 amide bonds. The maximum atomic E-state index is 12.4. The van der Waals surface area contributed by atoms with Crippen LogP contribution in [0.2, 0.25) is 0 Å². The van der Waals surface area contributed by atoms with Gasteiger partial charge in [0, 0.05) is 39.1 Å². The fourth-order valence-electron chi connectivity index (χ4n) is 2.80. The molecule has 1 aromatic carbocycles. The van der Waals surface area contributed by atoms with Crippen molar-refractivity contribution in [2.24, 2.45) is 4.99 Å². The first-order valence-electron chi connectivity index (χ1n) is 8.72. The summed E-state index contributed by atoms with van der Waals surface area (Å²) in [6.07, 6.45) is 4.06. The van der Waals surface area contributed by atoms with Gasteiger partial charge < -0.3 is 15.5 Å². The van der Waals surface area contributed by atoms with E-state index in [0.717, 1.165) is 38.4 Å². The average Bonchev–Trinajstić information content (AvgIpc) is 2.62. The summed E-state index contributed by atoms with van der Waals surface area (Å²) >= 11 is 0. The molecular formula is C19H28N4O. The summed E-state index contributed by atoms with van der Waals surface area (Å²) in [5, 5.41) is 6.33. The molecule has 1 aliphatic rings. The Bertz CT molecular complexity index is 582. The van der Waals surface area contributed by atoms with Crippen LogP contribution in [0.25, 0.3) is 0 Å². The highest BCUT2D eigenvalue weighted by molar-refractivity contribution is 5.80. The van der Waals surface area contributed by atoms with Crippen LogP contribution in [-0.2, 0) is 17.8 Å². The van der Waals surface area contributed by atoms with Gasteiger partial charge in [0.05, 0.1) is 0 Å². The van der Waals surface area contributed by atoms with E-state index in [9.17, 15) is 4.79 Å². The molecule has 0 atom stereocenters. The van der Waals surface area contributed by atoms with Gasteiger partial charge in [0.1, 0.15) is 0 Å². The van der Waals surface area contributed by atoms with Crippen LogP contribution in [0.5, 0.6) is 0 Å². The number of nitrogens with zero attached hydrogens (tertiary/aromatic N) is 2. The van der Waals surface area contributed by atoms with Gasteiger partial charge in [-0.1, -0.05) is 30.3 Å². The van der Waals surface area contributed by atoms with Gasteiger partial charge in [0.15, 0.2) is 5.96 Å². The minimum absolute atomic E-state index is 0.226. The monoisotopic (exact) mass is 328 g/mol. The SMILES string of the molecule is C=CCNC(=NCCCC(=O)N1CCc2ccccc2C1)NCC. The van der Waals surface area contributed by atoms with Gasteiger partial charge >= 0.3 is 0 Å². The lowest BCUT2D eigenvalue weighted by molar-refractivity contribution is -0.132. The van der Waals surface area contributed by atoms with Gasteiger partial charge in [0.2, 0.25) is 5.91 Å². The summed E-state index contributed by atoms with van der Waals surface area (Å²) in [6.45, 7) is 9.41. The first-order valence-corrected chi connectivity index (χ1v) is 8.72. The second kappa shape index (κ2) is 9.75. The minimum atomic E-state index is 0.226. The van der Waals surface area contributed by atoms with Crippen molar-refractivity contribution in [2.45, 2.75) is 32.7 Å². The van der Waals surface area contributed by atoms with Crippen molar-refractivity contribution < 1.29 is 4.79 Å². The molecule has 2 N–H and O–H groups in total. The summed E-state index contributed by atoms with van der Waals surface area (Å²) in [5.41, 5.74) is 2.65. The van der Waals surface area contributed by atoms with Crippen molar-refractivity contribution in [3.63, 3.8) is 0 Å². The highest BCUT2D eigenvalue weighted by atomic mass is 16.2. The first kappa shape index (κ1) is 18.0. The largest absolute Gasteiger partial charge is 0.357 e.